The molecule has 5 heteroatoms. The Labute approximate surface area is 113 Å². The zero-order valence-electron chi connectivity index (χ0n) is 10.6. The number of hydrogen-bond acceptors (Lipinski definition) is 4. The van der Waals surface area contributed by atoms with Gasteiger partial charge in [-0.1, -0.05) is 12.2 Å². The topological polar surface area (TPSA) is 51.4 Å². The predicted octanol–water partition coefficient (Wildman–Crippen LogP) is 1.58. The molecule has 1 aromatic rings. The van der Waals surface area contributed by atoms with Crippen LogP contribution < -0.4 is 10.6 Å². The maximum absolute atomic E-state index is 5.60. The van der Waals surface area contributed by atoms with Crippen molar-refractivity contribution in [2.45, 2.75) is 12.8 Å². The van der Waals surface area contributed by atoms with E-state index < -0.39 is 0 Å². The van der Waals surface area contributed by atoms with E-state index in [1.54, 1.807) is 6.20 Å². The van der Waals surface area contributed by atoms with Gasteiger partial charge in [-0.2, -0.15) is 0 Å². The molecule has 1 saturated heterocycles. The molecule has 18 heavy (non-hydrogen) atoms. The molecule has 0 unspecified atom stereocenters. The number of aromatic nitrogens is 1. The largest absolute Gasteiger partial charge is 0.388 e. The van der Waals surface area contributed by atoms with Crippen LogP contribution in [-0.2, 0) is 4.74 Å². The fourth-order valence-corrected chi connectivity index (χ4v) is 2.32. The molecular formula is C13H19N3OS. The summed E-state index contributed by atoms with van der Waals surface area (Å²) < 4.78 is 5.38. The lowest BCUT2D eigenvalue weighted by Crippen LogP contribution is -2.29. The number of thiocarbonyl (C=S) groups is 1. The molecule has 0 bridgehead atoms. The molecule has 0 radical (unpaired) electrons. The van der Waals surface area contributed by atoms with Gasteiger partial charge in [-0.25, -0.2) is 0 Å². The smallest absolute Gasteiger partial charge is 0.122 e. The lowest BCUT2D eigenvalue weighted by atomic mass is 10.00. The Balaban J connectivity index is 2.01. The minimum Gasteiger partial charge on any atom is -0.388 e. The number of rotatable bonds is 4. The summed E-state index contributed by atoms with van der Waals surface area (Å²) in [6, 6.07) is 3.93. The third-order valence-electron chi connectivity index (χ3n) is 3.31. The van der Waals surface area contributed by atoms with Crippen LogP contribution in [0, 0.1) is 5.92 Å². The fraction of sp³-hybridized carbons (Fsp3) is 0.538. The second-order valence-electron chi connectivity index (χ2n) is 4.70. The summed E-state index contributed by atoms with van der Waals surface area (Å²) in [5, 5.41) is 0. The average molecular weight is 265 g/mol. The van der Waals surface area contributed by atoms with Crippen LogP contribution in [-0.4, -0.2) is 36.8 Å². The second-order valence-corrected chi connectivity index (χ2v) is 5.14. The average Bonchev–Trinajstić information content (AvgIpc) is 2.40. The molecule has 2 heterocycles. The quantitative estimate of drug-likeness (QED) is 0.838. The van der Waals surface area contributed by atoms with E-state index >= 15 is 0 Å². The van der Waals surface area contributed by atoms with Crippen molar-refractivity contribution in [2.75, 3.05) is 31.7 Å². The molecule has 0 aliphatic carbocycles. The maximum atomic E-state index is 5.60. The highest BCUT2D eigenvalue weighted by Gasteiger charge is 2.16. The van der Waals surface area contributed by atoms with Crippen molar-refractivity contribution in [2.24, 2.45) is 11.7 Å². The van der Waals surface area contributed by atoms with Gasteiger partial charge in [0.25, 0.3) is 0 Å². The summed E-state index contributed by atoms with van der Waals surface area (Å²) in [4.78, 5) is 6.73. The molecule has 98 valence electrons. The first-order valence-electron chi connectivity index (χ1n) is 6.21. The number of hydrogen-bond donors (Lipinski definition) is 1. The van der Waals surface area contributed by atoms with Crippen LogP contribution in [0.5, 0.6) is 0 Å². The molecule has 2 rings (SSSR count). The lowest BCUT2D eigenvalue weighted by Gasteiger charge is -2.28. The third-order valence-corrected chi connectivity index (χ3v) is 3.52. The van der Waals surface area contributed by atoms with Crippen LogP contribution in [0.15, 0.2) is 18.3 Å². The van der Waals surface area contributed by atoms with Crippen LogP contribution in [0.4, 0.5) is 5.69 Å². The molecule has 2 N–H and O–H groups in total. The molecule has 0 aromatic carbocycles. The molecular weight excluding hydrogens is 246 g/mol. The molecule has 1 aliphatic heterocycles. The van der Waals surface area contributed by atoms with Gasteiger partial charge in [-0.05, 0) is 30.9 Å². The van der Waals surface area contributed by atoms with Gasteiger partial charge in [0.15, 0.2) is 0 Å². The Morgan fingerprint density at radius 3 is 2.94 bits per heavy atom. The van der Waals surface area contributed by atoms with Crippen LogP contribution in [0.1, 0.15) is 18.5 Å². The molecule has 0 saturated carbocycles. The molecule has 1 aliphatic rings. The first kappa shape index (κ1) is 13.2. The zero-order valence-corrected chi connectivity index (χ0v) is 11.4. The van der Waals surface area contributed by atoms with E-state index in [0.717, 1.165) is 38.3 Å². The number of nitrogens with zero attached hydrogens (tertiary/aromatic N) is 2. The van der Waals surface area contributed by atoms with Crippen molar-refractivity contribution in [1.29, 1.82) is 0 Å². The van der Waals surface area contributed by atoms with Crippen molar-refractivity contribution < 1.29 is 4.74 Å². The van der Waals surface area contributed by atoms with E-state index in [-0.39, 0.29) is 0 Å². The first-order valence-corrected chi connectivity index (χ1v) is 6.62. The SMILES string of the molecule is CN(CC1CCOCC1)c1ccnc(C(N)=S)c1. The molecule has 4 nitrogen and oxygen atoms in total. The normalized spacial score (nSPS) is 16.5. The lowest BCUT2D eigenvalue weighted by molar-refractivity contribution is 0.0685. The summed E-state index contributed by atoms with van der Waals surface area (Å²) >= 11 is 4.95. The van der Waals surface area contributed by atoms with Gasteiger partial charge in [-0.3, -0.25) is 4.98 Å². The van der Waals surface area contributed by atoms with Crippen molar-refractivity contribution in [3.63, 3.8) is 0 Å². The Kier molecular flexibility index (Phi) is 4.49. The molecule has 1 fully saturated rings. The monoisotopic (exact) mass is 265 g/mol. The molecule has 0 atom stereocenters. The minimum absolute atomic E-state index is 0.344. The van der Waals surface area contributed by atoms with E-state index in [2.05, 4.69) is 16.9 Å². The molecule has 1 aromatic heterocycles. The van der Waals surface area contributed by atoms with Crippen molar-refractivity contribution >= 4 is 22.9 Å². The highest BCUT2D eigenvalue weighted by Crippen LogP contribution is 2.20. The van der Waals surface area contributed by atoms with Gasteiger partial charge in [0, 0.05) is 38.7 Å². The minimum atomic E-state index is 0.344. The summed E-state index contributed by atoms with van der Waals surface area (Å²) in [5.74, 6) is 0.699. The van der Waals surface area contributed by atoms with Crippen molar-refractivity contribution in [3.8, 4) is 0 Å². The Bertz CT molecular complexity index is 418. The summed E-state index contributed by atoms with van der Waals surface area (Å²) in [6.45, 7) is 2.80. The van der Waals surface area contributed by atoms with E-state index in [0.29, 0.717) is 16.6 Å². The van der Waals surface area contributed by atoms with Gasteiger partial charge in [0.2, 0.25) is 0 Å². The maximum Gasteiger partial charge on any atom is 0.122 e. The number of pyridine rings is 1. The Hall–Kier alpha value is -1.20. The standard InChI is InChI=1S/C13H19N3OS/c1-16(9-10-3-6-17-7-4-10)11-2-5-15-12(8-11)13(14)18/h2,5,8,10H,3-4,6-7,9H2,1H3,(H2,14,18). The summed E-state index contributed by atoms with van der Waals surface area (Å²) in [6.07, 6.45) is 4.03. The number of nitrogens with two attached hydrogens (primary N) is 1. The van der Waals surface area contributed by atoms with Crippen LogP contribution >= 0.6 is 12.2 Å². The molecule has 0 amide bonds. The highest BCUT2D eigenvalue weighted by molar-refractivity contribution is 7.80. The second kappa shape index (κ2) is 6.11. The number of anilines is 1. The van der Waals surface area contributed by atoms with Gasteiger partial charge in [0.05, 0.1) is 5.69 Å². The van der Waals surface area contributed by atoms with Gasteiger partial charge >= 0.3 is 0 Å². The molecule has 0 spiro atoms. The first-order chi connectivity index (χ1) is 8.66. The van der Waals surface area contributed by atoms with Crippen LogP contribution in [0.3, 0.4) is 0 Å². The Morgan fingerprint density at radius 1 is 1.56 bits per heavy atom. The van der Waals surface area contributed by atoms with Crippen molar-refractivity contribution in [3.05, 3.63) is 24.0 Å². The summed E-state index contributed by atoms with van der Waals surface area (Å²) in [7, 11) is 2.09. The van der Waals surface area contributed by atoms with Crippen molar-refractivity contribution in [1.82, 2.24) is 4.98 Å². The zero-order chi connectivity index (χ0) is 13.0. The Morgan fingerprint density at radius 2 is 2.28 bits per heavy atom. The van der Waals surface area contributed by atoms with E-state index in [9.17, 15) is 0 Å². The number of ether oxygens (including phenoxy) is 1. The van der Waals surface area contributed by atoms with Gasteiger partial charge < -0.3 is 15.4 Å². The van der Waals surface area contributed by atoms with E-state index in [4.69, 9.17) is 22.7 Å². The fourth-order valence-electron chi connectivity index (χ4n) is 2.21. The van der Waals surface area contributed by atoms with E-state index in [1.165, 1.54) is 0 Å². The third kappa shape index (κ3) is 3.40. The van der Waals surface area contributed by atoms with E-state index in [1.807, 2.05) is 12.1 Å². The predicted molar refractivity (Wildman–Crippen MR) is 76.9 cm³/mol. The highest BCUT2D eigenvalue weighted by atomic mass is 32.1. The van der Waals surface area contributed by atoms with Gasteiger partial charge in [-0.15, -0.1) is 0 Å². The summed E-state index contributed by atoms with van der Waals surface area (Å²) in [5.41, 5.74) is 7.39. The van der Waals surface area contributed by atoms with Crippen LogP contribution in [0.25, 0.3) is 0 Å². The van der Waals surface area contributed by atoms with Crippen LogP contribution in [0.2, 0.25) is 0 Å². The van der Waals surface area contributed by atoms with Gasteiger partial charge in [0.1, 0.15) is 4.99 Å².